The molecule has 0 aliphatic heterocycles. The first kappa shape index (κ1) is 11.3. The average molecular weight is 178 g/mol. The van der Waals surface area contributed by atoms with E-state index in [0.717, 1.165) is 25.2 Å². The Morgan fingerprint density at radius 3 is 2.82 bits per heavy atom. The zero-order chi connectivity index (χ0) is 8.53. The first-order valence-electron chi connectivity index (χ1n) is 4.06. The average Bonchev–Trinajstić information content (AvgIpc) is 1.99. The van der Waals surface area contributed by atoms with Crippen molar-refractivity contribution < 1.29 is 9.84 Å². The third-order valence-electron chi connectivity index (χ3n) is 1.31. The molecule has 0 saturated carbocycles. The molecule has 3 heteroatoms. The van der Waals surface area contributed by atoms with E-state index in [1.807, 2.05) is 6.26 Å². The molecule has 68 valence electrons. The standard InChI is InChI=1S/C8H18O2S/c1-3-4-5-10-6-8(9)7-11-2/h8-9H,3-7H2,1-2H3. The molecule has 0 bridgehead atoms. The van der Waals surface area contributed by atoms with Crippen molar-refractivity contribution >= 4 is 11.8 Å². The lowest BCUT2D eigenvalue weighted by atomic mass is 10.3. The fraction of sp³-hybridized carbons (Fsp3) is 1.00. The Kier molecular flexibility index (Phi) is 8.57. The van der Waals surface area contributed by atoms with Crippen LogP contribution in [0.25, 0.3) is 0 Å². The van der Waals surface area contributed by atoms with Gasteiger partial charge in [-0.2, -0.15) is 11.8 Å². The molecule has 0 aromatic rings. The smallest absolute Gasteiger partial charge is 0.0863 e. The van der Waals surface area contributed by atoms with Crippen LogP contribution in [0.1, 0.15) is 19.8 Å². The van der Waals surface area contributed by atoms with Gasteiger partial charge in [0.05, 0.1) is 12.7 Å². The lowest BCUT2D eigenvalue weighted by Gasteiger charge is -2.08. The van der Waals surface area contributed by atoms with E-state index >= 15 is 0 Å². The van der Waals surface area contributed by atoms with Gasteiger partial charge >= 0.3 is 0 Å². The zero-order valence-corrected chi connectivity index (χ0v) is 8.19. The van der Waals surface area contributed by atoms with E-state index in [1.165, 1.54) is 0 Å². The fourth-order valence-corrected chi connectivity index (χ4v) is 1.19. The maximum Gasteiger partial charge on any atom is 0.0863 e. The molecule has 1 unspecified atom stereocenters. The van der Waals surface area contributed by atoms with Crippen molar-refractivity contribution in [2.24, 2.45) is 0 Å². The van der Waals surface area contributed by atoms with Crippen molar-refractivity contribution in [3.8, 4) is 0 Å². The van der Waals surface area contributed by atoms with E-state index in [9.17, 15) is 5.11 Å². The van der Waals surface area contributed by atoms with Gasteiger partial charge in [-0.1, -0.05) is 13.3 Å². The molecule has 0 aliphatic rings. The van der Waals surface area contributed by atoms with Crippen LogP contribution in [0.2, 0.25) is 0 Å². The van der Waals surface area contributed by atoms with Crippen molar-refractivity contribution in [1.29, 1.82) is 0 Å². The zero-order valence-electron chi connectivity index (χ0n) is 7.38. The van der Waals surface area contributed by atoms with E-state index in [-0.39, 0.29) is 6.10 Å². The molecule has 1 N–H and O–H groups in total. The number of thioether (sulfide) groups is 1. The van der Waals surface area contributed by atoms with Gasteiger partial charge in [-0.25, -0.2) is 0 Å². The van der Waals surface area contributed by atoms with Crippen LogP contribution < -0.4 is 0 Å². The van der Waals surface area contributed by atoms with Crippen LogP contribution in [0.5, 0.6) is 0 Å². The van der Waals surface area contributed by atoms with Gasteiger partial charge in [0.15, 0.2) is 0 Å². The maximum atomic E-state index is 9.20. The second-order valence-electron chi connectivity index (χ2n) is 2.54. The highest BCUT2D eigenvalue weighted by Gasteiger charge is 2.01. The minimum Gasteiger partial charge on any atom is -0.390 e. The highest BCUT2D eigenvalue weighted by Crippen LogP contribution is 1.98. The second-order valence-corrected chi connectivity index (χ2v) is 3.45. The molecular weight excluding hydrogens is 160 g/mol. The number of hydrogen-bond donors (Lipinski definition) is 1. The Balaban J connectivity index is 2.97. The van der Waals surface area contributed by atoms with Crippen LogP contribution in [0.3, 0.4) is 0 Å². The van der Waals surface area contributed by atoms with E-state index in [1.54, 1.807) is 11.8 Å². The second kappa shape index (κ2) is 8.37. The molecule has 0 radical (unpaired) electrons. The Morgan fingerprint density at radius 2 is 2.27 bits per heavy atom. The monoisotopic (exact) mass is 178 g/mol. The van der Waals surface area contributed by atoms with Crippen molar-refractivity contribution in [1.82, 2.24) is 0 Å². The predicted molar refractivity (Wildman–Crippen MR) is 50.1 cm³/mol. The van der Waals surface area contributed by atoms with Crippen molar-refractivity contribution in [2.75, 3.05) is 25.2 Å². The van der Waals surface area contributed by atoms with Crippen molar-refractivity contribution in [3.05, 3.63) is 0 Å². The Bertz CT molecular complexity index is 78.5. The number of unbranched alkanes of at least 4 members (excludes halogenated alkanes) is 1. The molecule has 0 rings (SSSR count). The molecule has 0 spiro atoms. The SMILES string of the molecule is CCCCOCC(O)CSC. The molecule has 0 amide bonds. The fourth-order valence-electron chi connectivity index (χ4n) is 0.706. The molecule has 0 aliphatic carbocycles. The third-order valence-corrected chi connectivity index (χ3v) is 2.03. The van der Waals surface area contributed by atoms with Crippen LogP contribution in [0, 0.1) is 0 Å². The Morgan fingerprint density at radius 1 is 1.55 bits per heavy atom. The normalized spacial score (nSPS) is 13.4. The van der Waals surface area contributed by atoms with Crippen LogP contribution in [-0.2, 0) is 4.74 Å². The minimum absolute atomic E-state index is 0.290. The van der Waals surface area contributed by atoms with Gasteiger partial charge in [-0.15, -0.1) is 0 Å². The van der Waals surface area contributed by atoms with Gasteiger partial charge in [-0.3, -0.25) is 0 Å². The number of ether oxygens (including phenoxy) is 1. The van der Waals surface area contributed by atoms with E-state index in [2.05, 4.69) is 6.92 Å². The first-order valence-corrected chi connectivity index (χ1v) is 5.45. The summed E-state index contributed by atoms with van der Waals surface area (Å²) in [6.45, 7) is 3.39. The predicted octanol–water partition coefficient (Wildman–Crippen LogP) is 1.53. The summed E-state index contributed by atoms with van der Waals surface area (Å²) >= 11 is 1.64. The maximum absolute atomic E-state index is 9.20. The van der Waals surface area contributed by atoms with Gasteiger partial charge in [0, 0.05) is 12.4 Å². The van der Waals surface area contributed by atoms with E-state index in [4.69, 9.17) is 4.74 Å². The highest BCUT2D eigenvalue weighted by atomic mass is 32.2. The largest absolute Gasteiger partial charge is 0.390 e. The summed E-state index contributed by atoms with van der Waals surface area (Å²) in [7, 11) is 0. The summed E-state index contributed by atoms with van der Waals surface area (Å²) in [5.74, 6) is 0.770. The number of rotatable bonds is 7. The first-order chi connectivity index (χ1) is 5.31. The molecule has 2 nitrogen and oxygen atoms in total. The number of hydrogen-bond acceptors (Lipinski definition) is 3. The summed E-state index contributed by atoms with van der Waals surface area (Å²) in [6, 6.07) is 0. The molecule has 0 aromatic heterocycles. The van der Waals surface area contributed by atoms with Crippen LogP contribution >= 0.6 is 11.8 Å². The summed E-state index contributed by atoms with van der Waals surface area (Å²) in [5, 5.41) is 9.20. The molecule has 0 fully saturated rings. The number of aliphatic hydroxyl groups excluding tert-OH is 1. The van der Waals surface area contributed by atoms with E-state index in [0.29, 0.717) is 6.61 Å². The van der Waals surface area contributed by atoms with Gasteiger partial charge in [0.2, 0.25) is 0 Å². The van der Waals surface area contributed by atoms with Crippen LogP contribution in [-0.4, -0.2) is 36.4 Å². The minimum atomic E-state index is -0.290. The molecule has 11 heavy (non-hydrogen) atoms. The third kappa shape index (κ3) is 8.17. The van der Waals surface area contributed by atoms with E-state index < -0.39 is 0 Å². The summed E-state index contributed by atoms with van der Waals surface area (Å²) in [6.07, 6.45) is 3.93. The summed E-state index contributed by atoms with van der Waals surface area (Å²) in [5.41, 5.74) is 0. The van der Waals surface area contributed by atoms with Gasteiger partial charge < -0.3 is 9.84 Å². The van der Waals surface area contributed by atoms with Crippen LogP contribution in [0.15, 0.2) is 0 Å². The molecular formula is C8H18O2S. The van der Waals surface area contributed by atoms with Gasteiger partial charge in [0.25, 0.3) is 0 Å². The van der Waals surface area contributed by atoms with Crippen molar-refractivity contribution in [3.63, 3.8) is 0 Å². The Hall–Kier alpha value is 0.270. The molecule has 0 aromatic carbocycles. The Labute approximate surface area is 73.3 Å². The highest BCUT2D eigenvalue weighted by molar-refractivity contribution is 7.98. The summed E-state index contributed by atoms with van der Waals surface area (Å²) in [4.78, 5) is 0. The lowest BCUT2D eigenvalue weighted by molar-refractivity contribution is 0.0474. The lowest BCUT2D eigenvalue weighted by Crippen LogP contribution is -2.18. The molecule has 0 heterocycles. The summed E-state index contributed by atoms with van der Waals surface area (Å²) < 4.78 is 5.23. The molecule has 0 saturated heterocycles. The molecule has 1 atom stereocenters. The quantitative estimate of drug-likeness (QED) is 0.599. The van der Waals surface area contributed by atoms with Gasteiger partial charge in [-0.05, 0) is 12.7 Å². The number of aliphatic hydroxyl groups is 1. The van der Waals surface area contributed by atoms with Gasteiger partial charge in [0.1, 0.15) is 0 Å². The van der Waals surface area contributed by atoms with Crippen LogP contribution in [0.4, 0.5) is 0 Å². The van der Waals surface area contributed by atoms with Crippen molar-refractivity contribution in [2.45, 2.75) is 25.9 Å². The topological polar surface area (TPSA) is 29.5 Å².